The van der Waals surface area contributed by atoms with Crippen molar-refractivity contribution in [1.82, 2.24) is 9.78 Å². The molecule has 2 N–H and O–H groups in total. The molecule has 1 heterocycles. The van der Waals surface area contributed by atoms with Gasteiger partial charge in [0.1, 0.15) is 10.6 Å². The normalized spacial score (nSPS) is 11.1. The maximum absolute atomic E-state index is 13.0. The van der Waals surface area contributed by atoms with Crippen molar-refractivity contribution in [3.63, 3.8) is 0 Å². The van der Waals surface area contributed by atoms with Gasteiger partial charge in [0, 0.05) is 29.3 Å². The molecule has 0 aliphatic rings. The Hall–Kier alpha value is -4.11. The van der Waals surface area contributed by atoms with Gasteiger partial charge >= 0.3 is 0 Å². The van der Waals surface area contributed by atoms with Crippen molar-refractivity contribution in [2.24, 2.45) is 0 Å². The molecule has 0 unspecified atom stereocenters. The molecule has 8 nitrogen and oxygen atoms in total. The van der Waals surface area contributed by atoms with Crippen LogP contribution in [0.3, 0.4) is 0 Å². The second-order valence-electron chi connectivity index (χ2n) is 7.69. The second kappa shape index (κ2) is 9.80. The number of sulfonamides is 1. The second-order valence-corrected chi connectivity index (χ2v) is 9.34. The summed E-state index contributed by atoms with van der Waals surface area (Å²) in [6, 6.07) is 20.5. The Morgan fingerprint density at radius 1 is 1.00 bits per heavy atom. The lowest BCUT2D eigenvalue weighted by Crippen LogP contribution is -2.17. The minimum absolute atomic E-state index is 0.127. The Balaban J connectivity index is 1.52. The quantitative estimate of drug-likeness (QED) is 0.395. The Morgan fingerprint density at radius 3 is 2.35 bits per heavy atom. The van der Waals surface area contributed by atoms with Crippen LogP contribution in [0.2, 0.25) is 0 Å². The average Bonchev–Trinajstić information content (AvgIpc) is 3.34. The molecular weight excluding hydrogens is 452 g/mol. The molecule has 9 heteroatoms. The van der Waals surface area contributed by atoms with Gasteiger partial charge in [-0.2, -0.15) is 5.10 Å². The van der Waals surface area contributed by atoms with Gasteiger partial charge in [-0.3, -0.25) is 14.2 Å². The summed E-state index contributed by atoms with van der Waals surface area (Å²) in [6.45, 7) is 2.53. The van der Waals surface area contributed by atoms with Gasteiger partial charge in [0.25, 0.3) is 15.9 Å². The number of nitrogens with one attached hydrogen (secondary N) is 2. The summed E-state index contributed by atoms with van der Waals surface area (Å²) in [5.74, 6) is -0.298. The van der Waals surface area contributed by atoms with Crippen LogP contribution in [-0.2, 0) is 16.6 Å². The van der Waals surface area contributed by atoms with Crippen molar-refractivity contribution in [2.45, 2.75) is 18.4 Å². The van der Waals surface area contributed by atoms with E-state index in [1.165, 1.54) is 25.3 Å². The van der Waals surface area contributed by atoms with Crippen LogP contribution in [-0.4, -0.2) is 31.2 Å². The molecule has 0 aliphatic carbocycles. The van der Waals surface area contributed by atoms with Gasteiger partial charge in [-0.1, -0.05) is 29.8 Å². The number of carbonyl (C=O) groups is 1. The smallest absolute Gasteiger partial charge is 0.265 e. The molecule has 4 rings (SSSR count). The van der Waals surface area contributed by atoms with Crippen molar-refractivity contribution < 1.29 is 17.9 Å². The molecule has 34 heavy (non-hydrogen) atoms. The van der Waals surface area contributed by atoms with Gasteiger partial charge in [-0.25, -0.2) is 8.42 Å². The predicted octanol–water partition coefficient (Wildman–Crippen LogP) is 4.30. The lowest BCUT2D eigenvalue weighted by Gasteiger charge is -2.13. The van der Waals surface area contributed by atoms with E-state index < -0.39 is 15.9 Å². The molecule has 3 aromatic carbocycles. The number of aromatic nitrogens is 2. The maximum atomic E-state index is 13.0. The van der Waals surface area contributed by atoms with Crippen LogP contribution in [0.25, 0.3) is 0 Å². The summed E-state index contributed by atoms with van der Waals surface area (Å²) in [4.78, 5) is 12.7. The maximum Gasteiger partial charge on any atom is 0.265 e. The van der Waals surface area contributed by atoms with Gasteiger partial charge in [-0.15, -0.1) is 0 Å². The number of amides is 1. The average molecular weight is 477 g/mol. The van der Waals surface area contributed by atoms with Crippen LogP contribution in [0.15, 0.2) is 90.1 Å². The number of nitrogens with zero attached hydrogens (tertiary/aromatic N) is 2. The van der Waals surface area contributed by atoms with Crippen molar-refractivity contribution in [3.05, 3.63) is 102 Å². The van der Waals surface area contributed by atoms with Gasteiger partial charge < -0.3 is 10.1 Å². The third-order valence-corrected chi connectivity index (χ3v) is 6.54. The zero-order chi connectivity index (χ0) is 24.1. The van der Waals surface area contributed by atoms with E-state index in [0.29, 0.717) is 17.9 Å². The summed E-state index contributed by atoms with van der Waals surface area (Å²) in [5.41, 5.74) is 3.23. The highest BCUT2D eigenvalue weighted by Crippen LogP contribution is 2.27. The first-order chi connectivity index (χ1) is 16.3. The summed E-state index contributed by atoms with van der Waals surface area (Å²) in [7, 11) is -2.61. The molecule has 0 radical (unpaired) electrons. The molecule has 1 aromatic heterocycles. The van der Waals surface area contributed by atoms with E-state index >= 15 is 0 Å². The Morgan fingerprint density at radius 2 is 1.71 bits per heavy atom. The highest BCUT2D eigenvalue weighted by Gasteiger charge is 2.22. The first-order valence-corrected chi connectivity index (χ1v) is 12.0. The number of carbonyl (C=O) groups excluding carboxylic acids is 1. The Labute approximate surface area is 198 Å². The molecule has 0 saturated carbocycles. The lowest BCUT2D eigenvalue weighted by molar-refractivity contribution is 0.102. The third-order valence-electron chi connectivity index (χ3n) is 5.13. The van der Waals surface area contributed by atoms with Crippen molar-refractivity contribution in [3.8, 4) is 5.75 Å². The number of aryl methyl sites for hydroxylation is 1. The van der Waals surface area contributed by atoms with E-state index in [4.69, 9.17) is 4.74 Å². The molecule has 0 fully saturated rings. The molecule has 0 atom stereocenters. The first-order valence-electron chi connectivity index (χ1n) is 10.5. The SMILES string of the molecule is COc1ccc(C(=O)Nc2ccc(Cn3cccn3)cc2)cc1S(=O)(=O)Nc1ccc(C)cc1. The number of anilines is 2. The number of methoxy groups -OCH3 is 1. The fourth-order valence-corrected chi connectivity index (χ4v) is 4.59. The fourth-order valence-electron chi connectivity index (χ4n) is 3.34. The summed E-state index contributed by atoms with van der Waals surface area (Å²) in [6.07, 6.45) is 3.59. The molecule has 0 saturated heterocycles. The van der Waals surface area contributed by atoms with Crippen molar-refractivity contribution in [2.75, 3.05) is 17.1 Å². The van der Waals surface area contributed by atoms with Crippen LogP contribution in [0.1, 0.15) is 21.5 Å². The zero-order valence-corrected chi connectivity index (χ0v) is 19.5. The predicted molar refractivity (Wildman–Crippen MR) is 131 cm³/mol. The van der Waals surface area contributed by atoms with Crippen LogP contribution in [0.4, 0.5) is 11.4 Å². The van der Waals surface area contributed by atoms with Gasteiger partial charge in [0.05, 0.1) is 13.7 Å². The van der Waals surface area contributed by atoms with Crippen LogP contribution >= 0.6 is 0 Å². The molecule has 1 amide bonds. The lowest BCUT2D eigenvalue weighted by atomic mass is 10.1. The zero-order valence-electron chi connectivity index (χ0n) is 18.7. The van der Waals surface area contributed by atoms with E-state index in [1.54, 1.807) is 47.3 Å². The highest BCUT2D eigenvalue weighted by molar-refractivity contribution is 7.92. The number of hydrogen-bond donors (Lipinski definition) is 2. The van der Waals surface area contributed by atoms with Crippen LogP contribution in [0.5, 0.6) is 5.75 Å². The summed E-state index contributed by atoms with van der Waals surface area (Å²) in [5, 5.41) is 6.98. The van der Waals surface area contributed by atoms with E-state index in [1.807, 2.05) is 31.3 Å². The Bertz CT molecular complexity index is 1380. The molecule has 0 spiro atoms. The van der Waals surface area contributed by atoms with Crippen LogP contribution in [0, 0.1) is 6.92 Å². The van der Waals surface area contributed by atoms with E-state index in [2.05, 4.69) is 15.1 Å². The highest BCUT2D eigenvalue weighted by atomic mass is 32.2. The van der Waals surface area contributed by atoms with Gasteiger partial charge in [-0.05, 0) is 61.0 Å². The summed E-state index contributed by atoms with van der Waals surface area (Å²) < 4.78 is 35.6. The van der Waals surface area contributed by atoms with E-state index in [-0.39, 0.29) is 16.2 Å². The van der Waals surface area contributed by atoms with Gasteiger partial charge in [0.15, 0.2) is 0 Å². The molecule has 174 valence electrons. The standard InChI is InChI=1S/C25H24N4O4S/c1-18-4-9-22(10-5-18)28-34(31,32)24-16-20(8-13-23(24)33-2)25(30)27-21-11-6-19(7-12-21)17-29-15-3-14-26-29/h3-16,28H,17H2,1-2H3,(H,27,30). The number of rotatable bonds is 8. The van der Waals surface area contributed by atoms with E-state index in [9.17, 15) is 13.2 Å². The minimum Gasteiger partial charge on any atom is -0.495 e. The number of benzene rings is 3. The first kappa shape index (κ1) is 23.1. The minimum atomic E-state index is -3.99. The summed E-state index contributed by atoms with van der Waals surface area (Å²) >= 11 is 0. The topological polar surface area (TPSA) is 102 Å². The number of hydrogen-bond acceptors (Lipinski definition) is 5. The third kappa shape index (κ3) is 5.44. The molecular formula is C25H24N4O4S. The van der Waals surface area contributed by atoms with Crippen molar-refractivity contribution >= 4 is 27.3 Å². The van der Waals surface area contributed by atoms with Crippen molar-refractivity contribution in [1.29, 1.82) is 0 Å². The monoisotopic (exact) mass is 476 g/mol. The van der Waals surface area contributed by atoms with Gasteiger partial charge in [0.2, 0.25) is 0 Å². The fraction of sp³-hybridized carbons (Fsp3) is 0.120. The largest absolute Gasteiger partial charge is 0.495 e. The van der Waals surface area contributed by atoms with E-state index in [0.717, 1.165) is 11.1 Å². The Kier molecular flexibility index (Phi) is 6.65. The molecule has 0 bridgehead atoms. The number of ether oxygens (including phenoxy) is 1. The van der Waals surface area contributed by atoms with Crippen LogP contribution < -0.4 is 14.8 Å². The molecule has 0 aliphatic heterocycles. The molecule has 4 aromatic rings.